The second-order valence-corrected chi connectivity index (χ2v) is 8.46. The molecule has 1 fully saturated rings. The van der Waals surface area contributed by atoms with Crippen LogP contribution in [0.25, 0.3) is 0 Å². The van der Waals surface area contributed by atoms with Gasteiger partial charge in [-0.15, -0.1) is 0 Å². The highest BCUT2D eigenvalue weighted by Crippen LogP contribution is 2.23. The Labute approximate surface area is 140 Å². The molecule has 1 aliphatic rings. The Bertz CT molecular complexity index is 618. The van der Waals surface area contributed by atoms with Gasteiger partial charge in [0.05, 0.1) is 12.4 Å². The van der Waals surface area contributed by atoms with Gasteiger partial charge in [0.25, 0.3) is 0 Å². The number of hydrogen-bond acceptors (Lipinski definition) is 5. The maximum Gasteiger partial charge on any atom is 0.325 e. The molecule has 0 saturated carbocycles. The zero-order valence-corrected chi connectivity index (χ0v) is 14.6. The van der Waals surface area contributed by atoms with Gasteiger partial charge < -0.3 is 4.74 Å². The van der Waals surface area contributed by atoms with Gasteiger partial charge in [-0.1, -0.05) is 23.7 Å². The molecule has 1 unspecified atom stereocenters. The first-order valence-electron chi connectivity index (χ1n) is 6.92. The van der Waals surface area contributed by atoms with Gasteiger partial charge in [-0.05, 0) is 24.6 Å². The lowest BCUT2D eigenvalue weighted by Gasteiger charge is -2.27. The van der Waals surface area contributed by atoms with Crippen LogP contribution in [-0.2, 0) is 26.1 Å². The van der Waals surface area contributed by atoms with Gasteiger partial charge in [0.2, 0.25) is 10.0 Å². The van der Waals surface area contributed by atoms with Crippen molar-refractivity contribution in [3.8, 4) is 0 Å². The number of hydrogen-bond donors (Lipinski definition) is 0. The van der Waals surface area contributed by atoms with Crippen molar-refractivity contribution < 1.29 is 17.9 Å². The Hall–Kier alpha value is -0.760. The summed E-state index contributed by atoms with van der Waals surface area (Å²) in [4.78, 5) is 12.1. The minimum Gasteiger partial charge on any atom is -0.465 e. The molecule has 0 aliphatic carbocycles. The third-order valence-electron chi connectivity index (χ3n) is 3.28. The zero-order chi connectivity index (χ0) is 16.2. The van der Waals surface area contributed by atoms with Crippen LogP contribution in [0.5, 0.6) is 0 Å². The third-order valence-corrected chi connectivity index (χ3v) is 6.65. The second-order valence-electron chi connectivity index (χ2n) is 4.83. The predicted octanol–water partition coefficient (Wildman–Crippen LogP) is 2.15. The van der Waals surface area contributed by atoms with Crippen LogP contribution < -0.4 is 0 Å². The van der Waals surface area contributed by atoms with Gasteiger partial charge in [0.1, 0.15) is 6.04 Å². The van der Waals surface area contributed by atoms with Crippen molar-refractivity contribution in [1.29, 1.82) is 0 Å². The second kappa shape index (κ2) is 7.68. The third kappa shape index (κ3) is 4.38. The van der Waals surface area contributed by atoms with Crippen LogP contribution in [0, 0.1) is 0 Å². The number of ether oxygens (including phenoxy) is 1. The molecule has 0 N–H and O–H groups in total. The van der Waals surface area contributed by atoms with E-state index in [1.54, 1.807) is 31.2 Å². The number of nitrogens with zero attached hydrogens (tertiary/aromatic N) is 1. The lowest BCUT2D eigenvalue weighted by molar-refractivity contribution is -0.147. The molecule has 22 heavy (non-hydrogen) atoms. The van der Waals surface area contributed by atoms with Gasteiger partial charge in [-0.25, -0.2) is 8.42 Å². The van der Waals surface area contributed by atoms with E-state index in [-0.39, 0.29) is 18.9 Å². The van der Waals surface area contributed by atoms with E-state index in [9.17, 15) is 13.2 Å². The van der Waals surface area contributed by atoms with Gasteiger partial charge in [0, 0.05) is 23.1 Å². The quantitative estimate of drug-likeness (QED) is 0.767. The topological polar surface area (TPSA) is 63.7 Å². The van der Waals surface area contributed by atoms with Crippen LogP contribution in [0.3, 0.4) is 0 Å². The van der Waals surface area contributed by atoms with Crippen molar-refractivity contribution in [1.82, 2.24) is 4.31 Å². The van der Waals surface area contributed by atoms with Crippen molar-refractivity contribution in [2.45, 2.75) is 19.5 Å². The van der Waals surface area contributed by atoms with Crippen LogP contribution in [-0.4, -0.2) is 48.6 Å². The number of carbonyl (C=O) groups is 1. The Kier molecular flexibility index (Phi) is 6.14. The summed E-state index contributed by atoms with van der Waals surface area (Å²) in [5.74, 6) is 0.428. The zero-order valence-electron chi connectivity index (χ0n) is 12.2. The summed E-state index contributed by atoms with van der Waals surface area (Å²) in [5.41, 5.74) is 0.786. The van der Waals surface area contributed by atoms with E-state index in [1.807, 2.05) is 0 Å². The number of rotatable bonds is 4. The number of esters is 1. The molecule has 1 aromatic rings. The van der Waals surface area contributed by atoms with Crippen molar-refractivity contribution in [3.63, 3.8) is 0 Å². The van der Waals surface area contributed by atoms with Crippen molar-refractivity contribution >= 4 is 39.4 Å². The molecule has 1 saturated heterocycles. The monoisotopic (exact) mass is 363 g/mol. The SMILES string of the molecule is CCOC(=O)C1CSCCS(=O)(=O)N1Cc1ccc(Cl)cc1. The molecule has 1 heterocycles. The van der Waals surface area contributed by atoms with Crippen LogP contribution >= 0.6 is 23.4 Å². The van der Waals surface area contributed by atoms with Gasteiger partial charge in [-0.3, -0.25) is 4.79 Å². The molecule has 0 bridgehead atoms. The first-order valence-corrected chi connectivity index (χ1v) is 10.1. The van der Waals surface area contributed by atoms with E-state index in [0.29, 0.717) is 16.5 Å². The Balaban J connectivity index is 2.29. The summed E-state index contributed by atoms with van der Waals surface area (Å²) in [6, 6.07) is 6.15. The molecule has 8 heteroatoms. The highest BCUT2D eigenvalue weighted by molar-refractivity contribution is 8.00. The molecular weight excluding hydrogens is 346 g/mol. The van der Waals surface area contributed by atoms with Gasteiger partial charge in [-0.2, -0.15) is 16.1 Å². The fourth-order valence-electron chi connectivity index (χ4n) is 2.16. The number of sulfonamides is 1. The molecule has 0 radical (unpaired) electrons. The molecule has 0 amide bonds. The molecule has 0 spiro atoms. The molecule has 0 aromatic heterocycles. The summed E-state index contributed by atoms with van der Waals surface area (Å²) < 4.78 is 31.2. The van der Waals surface area contributed by atoms with E-state index in [1.165, 1.54) is 16.1 Å². The first kappa shape index (κ1) is 17.6. The van der Waals surface area contributed by atoms with Crippen LogP contribution in [0.4, 0.5) is 0 Å². The smallest absolute Gasteiger partial charge is 0.325 e. The number of carbonyl (C=O) groups excluding carboxylic acids is 1. The summed E-state index contributed by atoms with van der Waals surface area (Å²) in [6.45, 7) is 2.08. The van der Waals surface area contributed by atoms with Crippen molar-refractivity contribution in [3.05, 3.63) is 34.9 Å². The van der Waals surface area contributed by atoms with Crippen molar-refractivity contribution in [2.75, 3.05) is 23.9 Å². The number of thioether (sulfide) groups is 1. The van der Waals surface area contributed by atoms with Crippen LogP contribution in [0.15, 0.2) is 24.3 Å². The molecule has 1 aromatic carbocycles. The predicted molar refractivity (Wildman–Crippen MR) is 88.5 cm³/mol. The number of benzene rings is 1. The van der Waals surface area contributed by atoms with E-state index in [4.69, 9.17) is 16.3 Å². The molecule has 5 nitrogen and oxygen atoms in total. The van der Waals surface area contributed by atoms with Crippen LogP contribution in [0.2, 0.25) is 5.02 Å². The molecular formula is C14H18ClNO4S2. The minimum absolute atomic E-state index is 0.0289. The molecule has 1 aliphatic heterocycles. The van der Waals surface area contributed by atoms with E-state index >= 15 is 0 Å². The largest absolute Gasteiger partial charge is 0.465 e. The summed E-state index contributed by atoms with van der Waals surface area (Å²) in [7, 11) is -3.50. The Morgan fingerprint density at radius 2 is 2.09 bits per heavy atom. The van der Waals surface area contributed by atoms with Crippen molar-refractivity contribution in [2.24, 2.45) is 0 Å². The Morgan fingerprint density at radius 1 is 1.41 bits per heavy atom. The molecule has 122 valence electrons. The average molecular weight is 364 g/mol. The summed E-state index contributed by atoms with van der Waals surface area (Å²) in [5, 5.41) is 0.583. The number of halogens is 1. The summed E-state index contributed by atoms with van der Waals surface area (Å²) >= 11 is 7.30. The summed E-state index contributed by atoms with van der Waals surface area (Å²) in [6.07, 6.45) is 0. The maximum atomic E-state index is 12.5. The fourth-order valence-corrected chi connectivity index (χ4v) is 5.52. The lowest BCUT2D eigenvalue weighted by atomic mass is 10.2. The standard InChI is InChI=1S/C14H18ClNO4S2/c1-2-20-14(17)13-10-21-7-8-22(18,19)16(13)9-11-3-5-12(15)6-4-11/h3-6,13H,2,7-10H2,1H3. The maximum absolute atomic E-state index is 12.5. The fraction of sp³-hybridized carbons (Fsp3) is 0.500. The Morgan fingerprint density at radius 3 is 2.73 bits per heavy atom. The van der Waals surface area contributed by atoms with Crippen LogP contribution in [0.1, 0.15) is 12.5 Å². The average Bonchev–Trinajstić information content (AvgIpc) is 2.61. The van der Waals surface area contributed by atoms with E-state index in [0.717, 1.165) is 5.56 Å². The normalized spacial score (nSPS) is 22.0. The molecule has 2 rings (SSSR count). The van der Waals surface area contributed by atoms with E-state index in [2.05, 4.69) is 0 Å². The van der Waals surface area contributed by atoms with Gasteiger partial charge in [0.15, 0.2) is 0 Å². The highest BCUT2D eigenvalue weighted by atomic mass is 35.5. The highest BCUT2D eigenvalue weighted by Gasteiger charge is 2.37. The van der Waals surface area contributed by atoms with Gasteiger partial charge >= 0.3 is 5.97 Å². The minimum atomic E-state index is -3.50. The molecule has 1 atom stereocenters. The van der Waals surface area contributed by atoms with E-state index < -0.39 is 22.0 Å². The lowest BCUT2D eigenvalue weighted by Crippen LogP contribution is -2.46. The first-order chi connectivity index (χ1) is 10.4.